The summed E-state index contributed by atoms with van der Waals surface area (Å²) in [7, 11) is 0. The van der Waals surface area contributed by atoms with Crippen molar-refractivity contribution in [1.29, 1.82) is 0 Å². The van der Waals surface area contributed by atoms with E-state index in [4.69, 9.17) is 4.74 Å². The summed E-state index contributed by atoms with van der Waals surface area (Å²) in [5.41, 5.74) is 0.322. The molecule has 1 aromatic rings. The van der Waals surface area contributed by atoms with Crippen molar-refractivity contribution < 1.29 is 13.5 Å². The molecule has 0 aromatic heterocycles. The molecule has 1 aromatic carbocycles. The van der Waals surface area contributed by atoms with Gasteiger partial charge >= 0.3 is 0 Å². The molecule has 2 nitrogen and oxygen atoms in total. The third-order valence-electron chi connectivity index (χ3n) is 3.05. The Balaban J connectivity index is 2.14. The molecule has 18 heavy (non-hydrogen) atoms. The lowest BCUT2D eigenvalue weighted by molar-refractivity contribution is -0.0338. The Labute approximate surface area is 114 Å². The van der Waals surface area contributed by atoms with Crippen molar-refractivity contribution in [2.24, 2.45) is 0 Å². The van der Waals surface area contributed by atoms with Crippen LogP contribution in [0.2, 0.25) is 0 Å². The highest BCUT2D eigenvalue weighted by Gasteiger charge is 2.25. The first kappa shape index (κ1) is 13.7. The second kappa shape index (κ2) is 5.53. The lowest BCUT2D eigenvalue weighted by atomic mass is 9.99. The summed E-state index contributed by atoms with van der Waals surface area (Å²) in [5, 5.41) is 3.14. The normalized spacial score (nSPS) is 28.2. The van der Waals surface area contributed by atoms with E-state index in [1.165, 1.54) is 6.07 Å². The number of benzene rings is 1. The Morgan fingerprint density at radius 2 is 1.83 bits per heavy atom. The zero-order chi connectivity index (χ0) is 13.3. The molecule has 1 N–H and O–H groups in total. The molecule has 1 heterocycles. The summed E-state index contributed by atoms with van der Waals surface area (Å²) in [6, 6.07) is 2.29. The number of halogens is 3. The Hall–Kier alpha value is -0.680. The Morgan fingerprint density at radius 3 is 2.39 bits per heavy atom. The molecule has 0 radical (unpaired) electrons. The second-order valence-electron chi connectivity index (χ2n) is 4.81. The number of hydrogen-bond acceptors (Lipinski definition) is 2. The van der Waals surface area contributed by atoms with Gasteiger partial charge in [0, 0.05) is 16.6 Å². The van der Waals surface area contributed by atoms with Crippen LogP contribution in [-0.2, 0) is 4.74 Å². The van der Waals surface area contributed by atoms with E-state index in [1.54, 1.807) is 0 Å². The molecule has 0 bridgehead atoms. The van der Waals surface area contributed by atoms with E-state index in [0.717, 1.165) is 18.9 Å². The first-order valence-corrected chi connectivity index (χ1v) is 6.81. The van der Waals surface area contributed by atoms with E-state index in [-0.39, 0.29) is 18.2 Å². The molecular formula is C13H16BrF2NO. The average Bonchev–Trinajstić information content (AvgIpc) is 2.22. The average molecular weight is 320 g/mol. The molecule has 2 atom stereocenters. The van der Waals surface area contributed by atoms with Gasteiger partial charge in [-0.2, -0.15) is 0 Å². The highest BCUT2D eigenvalue weighted by molar-refractivity contribution is 9.10. The van der Waals surface area contributed by atoms with Gasteiger partial charge in [-0.15, -0.1) is 0 Å². The molecule has 1 fully saturated rings. The summed E-state index contributed by atoms with van der Waals surface area (Å²) >= 11 is 3.18. The number of anilines is 1. The maximum absolute atomic E-state index is 13.7. The van der Waals surface area contributed by atoms with Gasteiger partial charge in [-0.05, 0) is 48.7 Å². The van der Waals surface area contributed by atoms with E-state index in [2.05, 4.69) is 21.2 Å². The van der Waals surface area contributed by atoms with E-state index < -0.39 is 11.6 Å². The zero-order valence-corrected chi connectivity index (χ0v) is 11.9. The number of ether oxygens (including phenoxy) is 1. The van der Waals surface area contributed by atoms with E-state index in [9.17, 15) is 8.78 Å². The highest BCUT2D eigenvalue weighted by atomic mass is 79.9. The third kappa shape index (κ3) is 3.20. The molecule has 2 unspecified atom stereocenters. The zero-order valence-electron chi connectivity index (χ0n) is 10.3. The summed E-state index contributed by atoms with van der Waals surface area (Å²) in [6.07, 6.45) is 1.92. The minimum Gasteiger partial charge on any atom is -0.379 e. The fourth-order valence-corrected chi connectivity index (χ4v) is 2.93. The van der Waals surface area contributed by atoms with Crippen LogP contribution in [0.3, 0.4) is 0 Å². The molecular weight excluding hydrogens is 304 g/mol. The monoisotopic (exact) mass is 319 g/mol. The van der Waals surface area contributed by atoms with Gasteiger partial charge in [-0.3, -0.25) is 0 Å². The quantitative estimate of drug-likeness (QED) is 0.886. The van der Waals surface area contributed by atoms with Crippen LogP contribution < -0.4 is 5.32 Å². The molecule has 0 aliphatic carbocycles. The molecule has 1 aliphatic rings. The van der Waals surface area contributed by atoms with Crippen LogP contribution in [-0.4, -0.2) is 18.2 Å². The molecule has 100 valence electrons. The van der Waals surface area contributed by atoms with Crippen molar-refractivity contribution in [3.63, 3.8) is 0 Å². The summed E-state index contributed by atoms with van der Waals surface area (Å²) in [4.78, 5) is 0. The highest BCUT2D eigenvalue weighted by Crippen LogP contribution is 2.30. The van der Waals surface area contributed by atoms with Crippen LogP contribution in [0.4, 0.5) is 14.5 Å². The predicted molar refractivity (Wildman–Crippen MR) is 70.7 cm³/mol. The summed E-state index contributed by atoms with van der Waals surface area (Å²) in [6.45, 7) is 4.00. The first-order valence-electron chi connectivity index (χ1n) is 6.02. The van der Waals surface area contributed by atoms with Crippen molar-refractivity contribution in [3.8, 4) is 0 Å². The van der Waals surface area contributed by atoms with E-state index in [1.807, 2.05) is 13.8 Å². The van der Waals surface area contributed by atoms with Crippen LogP contribution in [0.25, 0.3) is 0 Å². The van der Waals surface area contributed by atoms with Crippen LogP contribution >= 0.6 is 15.9 Å². The van der Waals surface area contributed by atoms with Gasteiger partial charge < -0.3 is 10.1 Å². The fourth-order valence-electron chi connectivity index (χ4n) is 2.41. The van der Waals surface area contributed by atoms with Gasteiger partial charge in [-0.1, -0.05) is 0 Å². The molecule has 0 saturated carbocycles. The van der Waals surface area contributed by atoms with Crippen LogP contribution in [0.1, 0.15) is 26.7 Å². The van der Waals surface area contributed by atoms with E-state index >= 15 is 0 Å². The second-order valence-corrected chi connectivity index (χ2v) is 5.67. The summed E-state index contributed by atoms with van der Waals surface area (Å²) in [5.74, 6) is -1.16. The maximum Gasteiger partial charge on any atom is 0.150 e. The lowest BCUT2D eigenvalue weighted by Crippen LogP contribution is -2.37. The number of nitrogens with one attached hydrogen (secondary N) is 1. The predicted octanol–water partition coefficient (Wildman–Crippen LogP) is 4.10. The van der Waals surface area contributed by atoms with Crippen molar-refractivity contribution in [2.45, 2.75) is 44.9 Å². The molecule has 1 aliphatic heterocycles. The van der Waals surface area contributed by atoms with Crippen molar-refractivity contribution in [2.75, 3.05) is 5.32 Å². The molecule has 0 spiro atoms. The van der Waals surface area contributed by atoms with Gasteiger partial charge in [0.05, 0.1) is 17.9 Å². The third-order valence-corrected chi connectivity index (χ3v) is 3.68. The Morgan fingerprint density at radius 1 is 1.22 bits per heavy atom. The Kier molecular flexibility index (Phi) is 4.22. The van der Waals surface area contributed by atoms with Gasteiger partial charge in [0.1, 0.15) is 11.6 Å². The van der Waals surface area contributed by atoms with Gasteiger partial charge in [-0.25, -0.2) is 8.78 Å². The molecule has 1 saturated heterocycles. The van der Waals surface area contributed by atoms with Crippen LogP contribution in [0, 0.1) is 11.6 Å². The van der Waals surface area contributed by atoms with E-state index in [0.29, 0.717) is 10.2 Å². The molecule has 2 rings (SSSR count). The van der Waals surface area contributed by atoms with Gasteiger partial charge in [0.2, 0.25) is 0 Å². The van der Waals surface area contributed by atoms with Crippen molar-refractivity contribution in [3.05, 3.63) is 28.2 Å². The topological polar surface area (TPSA) is 21.3 Å². The minimum atomic E-state index is -0.585. The smallest absolute Gasteiger partial charge is 0.150 e. The minimum absolute atomic E-state index is 0.139. The van der Waals surface area contributed by atoms with Crippen LogP contribution in [0.5, 0.6) is 0 Å². The fraction of sp³-hybridized carbons (Fsp3) is 0.538. The number of hydrogen-bond donors (Lipinski definition) is 1. The van der Waals surface area contributed by atoms with Gasteiger partial charge in [0.15, 0.2) is 0 Å². The molecule has 5 heteroatoms. The Bertz CT molecular complexity index is 408. The SMILES string of the molecule is CC1CC(Nc2c(F)cc(F)cc2Br)CC(C)O1. The lowest BCUT2D eigenvalue weighted by Gasteiger charge is -2.33. The standard InChI is InChI=1S/C13H16BrF2NO/c1-7-3-10(4-8(2)18-7)17-13-11(14)5-9(15)6-12(13)16/h5-8,10,17H,3-4H2,1-2H3. The first-order chi connectivity index (χ1) is 8.45. The maximum atomic E-state index is 13.7. The van der Waals surface area contributed by atoms with Crippen molar-refractivity contribution in [1.82, 2.24) is 0 Å². The largest absolute Gasteiger partial charge is 0.379 e. The van der Waals surface area contributed by atoms with Crippen LogP contribution in [0.15, 0.2) is 16.6 Å². The van der Waals surface area contributed by atoms with Gasteiger partial charge in [0.25, 0.3) is 0 Å². The summed E-state index contributed by atoms with van der Waals surface area (Å²) < 4.78 is 32.7. The number of rotatable bonds is 2. The molecule has 0 amide bonds. The van der Waals surface area contributed by atoms with Crippen molar-refractivity contribution >= 4 is 21.6 Å².